The van der Waals surface area contributed by atoms with Crippen molar-refractivity contribution in [2.75, 3.05) is 16.3 Å². The number of nitro benzene ring substituents is 1. The molecule has 15 heteroatoms. The Hall–Kier alpha value is -3.46. The molecule has 0 saturated carbocycles. The Balaban J connectivity index is 1.81. The Bertz CT molecular complexity index is 1170. The summed E-state index contributed by atoms with van der Waals surface area (Å²) in [4.78, 5) is 22.8. The van der Waals surface area contributed by atoms with E-state index >= 15 is 0 Å². The zero-order valence-corrected chi connectivity index (χ0v) is 16.0. The van der Waals surface area contributed by atoms with Gasteiger partial charge in [-0.3, -0.25) is 24.9 Å². The molecule has 0 unspecified atom stereocenters. The number of anilines is 2. The maximum absolute atomic E-state index is 12.4. The Morgan fingerprint density at radius 1 is 1.25 bits per heavy atom. The maximum atomic E-state index is 12.4. The van der Waals surface area contributed by atoms with Crippen molar-refractivity contribution in [3.8, 4) is 5.69 Å². The van der Waals surface area contributed by atoms with Gasteiger partial charge in [0.2, 0.25) is 20.3 Å². The van der Waals surface area contributed by atoms with E-state index in [0.29, 0.717) is 11.4 Å². The van der Waals surface area contributed by atoms with E-state index in [9.17, 15) is 23.3 Å². The van der Waals surface area contributed by atoms with Crippen LogP contribution in [0.25, 0.3) is 5.69 Å². The van der Waals surface area contributed by atoms with Gasteiger partial charge in [0.1, 0.15) is 0 Å². The van der Waals surface area contributed by atoms with E-state index in [0.717, 1.165) is 17.6 Å². The molecule has 0 radical (unpaired) electrons. The third kappa shape index (κ3) is 4.26. The van der Waals surface area contributed by atoms with E-state index < -0.39 is 20.9 Å². The van der Waals surface area contributed by atoms with Crippen molar-refractivity contribution >= 4 is 43.2 Å². The predicted octanol–water partition coefficient (Wildman–Crippen LogP) is 0.959. The first kappa shape index (κ1) is 19.3. The van der Waals surface area contributed by atoms with Crippen LogP contribution in [0.4, 0.5) is 16.0 Å². The highest BCUT2D eigenvalue weighted by atomic mass is 32.2. The third-order valence-electron chi connectivity index (χ3n) is 3.31. The highest BCUT2D eigenvalue weighted by Crippen LogP contribution is 2.22. The van der Waals surface area contributed by atoms with Crippen LogP contribution in [-0.4, -0.2) is 50.7 Å². The molecular weight excluding hydrogens is 412 g/mol. The number of carbonyl (C=O) groups is 1. The number of nitro groups is 1. The molecule has 0 bridgehead atoms. The smallest absolute Gasteiger partial charge is 0.279 e. The van der Waals surface area contributed by atoms with Gasteiger partial charge >= 0.3 is 0 Å². The summed E-state index contributed by atoms with van der Waals surface area (Å²) in [6, 6.07) is 5.72. The summed E-state index contributed by atoms with van der Waals surface area (Å²) >= 11 is 0.823. The molecule has 2 heterocycles. The first-order chi connectivity index (χ1) is 13.1. The second-order valence-electron chi connectivity index (χ2n) is 5.45. The van der Waals surface area contributed by atoms with Crippen molar-refractivity contribution in [1.82, 2.24) is 25.2 Å². The van der Waals surface area contributed by atoms with E-state index in [2.05, 4.69) is 30.5 Å². The van der Waals surface area contributed by atoms with Crippen LogP contribution in [0.2, 0.25) is 0 Å². The predicted molar refractivity (Wildman–Crippen MR) is 99.1 cm³/mol. The standard InChI is InChI=1S/C13H12N8O5S2/c1-7-10(11(22)14-12-16-17-13(27-12)18-28(2,25)26)15-19-20(7)8-4-3-5-9(6-8)21(23)24/h3-6H,1-2H3,(H,17,18)(H,14,16,22). The highest BCUT2D eigenvalue weighted by molar-refractivity contribution is 7.92. The number of amides is 1. The molecular formula is C13H12N8O5S2. The Morgan fingerprint density at radius 3 is 2.64 bits per heavy atom. The van der Waals surface area contributed by atoms with Crippen molar-refractivity contribution in [1.29, 1.82) is 0 Å². The molecule has 3 rings (SSSR count). The van der Waals surface area contributed by atoms with Crippen LogP contribution < -0.4 is 10.0 Å². The van der Waals surface area contributed by atoms with Crippen molar-refractivity contribution in [2.24, 2.45) is 0 Å². The SMILES string of the molecule is Cc1c(C(=O)Nc2nnc(NS(C)(=O)=O)s2)nnn1-c1cccc([N+](=O)[O-])c1. The van der Waals surface area contributed by atoms with Gasteiger partial charge in [-0.2, -0.15) is 0 Å². The van der Waals surface area contributed by atoms with Crippen LogP contribution >= 0.6 is 11.3 Å². The minimum atomic E-state index is -3.52. The largest absolute Gasteiger partial charge is 0.295 e. The zero-order valence-electron chi connectivity index (χ0n) is 14.4. The van der Waals surface area contributed by atoms with E-state index in [1.54, 1.807) is 13.0 Å². The van der Waals surface area contributed by atoms with Gasteiger partial charge in [-0.25, -0.2) is 13.1 Å². The molecule has 0 saturated heterocycles. The van der Waals surface area contributed by atoms with Gasteiger partial charge in [0, 0.05) is 12.1 Å². The van der Waals surface area contributed by atoms with Crippen molar-refractivity contribution in [3.63, 3.8) is 0 Å². The van der Waals surface area contributed by atoms with E-state index in [-0.39, 0.29) is 21.6 Å². The number of carbonyl (C=O) groups excluding carboxylic acids is 1. The quantitative estimate of drug-likeness (QED) is 0.431. The average molecular weight is 424 g/mol. The topological polar surface area (TPSA) is 175 Å². The molecule has 3 aromatic rings. The van der Waals surface area contributed by atoms with Crippen molar-refractivity contribution < 1.29 is 18.1 Å². The zero-order chi connectivity index (χ0) is 20.5. The summed E-state index contributed by atoms with van der Waals surface area (Å²) in [6.07, 6.45) is 0.961. The lowest BCUT2D eigenvalue weighted by Crippen LogP contribution is -2.14. The number of benzene rings is 1. The Morgan fingerprint density at radius 2 is 1.96 bits per heavy atom. The molecule has 1 aromatic carbocycles. The first-order valence-electron chi connectivity index (χ1n) is 7.44. The molecule has 13 nitrogen and oxygen atoms in total. The second kappa shape index (κ2) is 7.28. The normalized spacial score (nSPS) is 11.2. The highest BCUT2D eigenvalue weighted by Gasteiger charge is 2.20. The lowest BCUT2D eigenvalue weighted by Gasteiger charge is -2.03. The van der Waals surface area contributed by atoms with Gasteiger partial charge < -0.3 is 0 Å². The number of rotatable bonds is 6. The molecule has 0 spiro atoms. The van der Waals surface area contributed by atoms with Gasteiger partial charge in [0.15, 0.2) is 5.69 Å². The number of non-ortho nitro benzene ring substituents is 1. The molecule has 0 aliphatic heterocycles. The number of hydrogen-bond acceptors (Lipinski definition) is 10. The summed E-state index contributed by atoms with van der Waals surface area (Å²) in [5, 5.41) is 28.4. The van der Waals surface area contributed by atoms with Gasteiger partial charge in [0.25, 0.3) is 11.6 Å². The van der Waals surface area contributed by atoms with Gasteiger partial charge in [0.05, 0.1) is 22.6 Å². The van der Waals surface area contributed by atoms with Crippen molar-refractivity contribution in [3.05, 3.63) is 45.8 Å². The number of aromatic nitrogens is 5. The number of sulfonamides is 1. The molecule has 0 fully saturated rings. The Labute approximate surface area is 161 Å². The first-order valence-corrected chi connectivity index (χ1v) is 10.1. The molecule has 28 heavy (non-hydrogen) atoms. The summed E-state index contributed by atoms with van der Waals surface area (Å²) < 4.78 is 25.8. The summed E-state index contributed by atoms with van der Waals surface area (Å²) in [5.41, 5.74) is 0.559. The van der Waals surface area contributed by atoms with Crippen LogP contribution in [0.5, 0.6) is 0 Å². The van der Waals surface area contributed by atoms with E-state index in [1.807, 2.05) is 0 Å². The molecule has 0 aliphatic carbocycles. The van der Waals surface area contributed by atoms with Crippen molar-refractivity contribution in [2.45, 2.75) is 6.92 Å². The molecule has 1 amide bonds. The molecule has 0 aliphatic rings. The second-order valence-corrected chi connectivity index (χ2v) is 8.18. The number of hydrogen-bond donors (Lipinski definition) is 2. The van der Waals surface area contributed by atoms with Gasteiger partial charge in [-0.05, 0) is 13.0 Å². The molecule has 0 atom stereocenters. The minimum absolute atomic E-state index is 0.00484. The Kier molecular flexibility index (Phi) is 5.02. The summed E-state index contributed by atoms with van der Waals surface area (Å²) in [6.45, 7) is 1.57. The van der Waals surface area contributed by atoms with Gasteiger partial charge in [-0.15, -0.1) is 15.3 Å². The third-order valence-corrected chi connectivity index (χ3v) is 4.76. The lowest BCUT2D eigenvalue weighted by molar-refractivity contribution is -0.384. The van der Waals surface area contributed by atoms with E-state index in [4.69, 9.17) is 0 Å². The van der Waals surface area contributed by atoms with Crippen LogP contribution in [-0.2, 0) is 10.0 Å². The lowest BCUT2D eigenvalue weighted by atomic mass is 10.2. The molecule has 2 aromatic heterocycles. The van der Waals surface area contributed by atoms with E-state index in [1.165, 1.54) is 22.9 Å². The fourth-order valence-electron chi connectivity index (χ4n) is 2.15. The van der Waals surface area contributed by atoms with Crippen LogP contribution in [0.1, 0.15) is 16.2 Å². The minimum Gasteiger partial charge on any atom is -0.295 e. The molecule has 146 valence electrons. The van der Waals surface area contributed by atoms with Gasteiger partial charge in [-0.1, -0.05) is 22.6 Å². The molecule has 2 N–H and O–H groups in total. The fraction of sp³-hybridized carbons (Fsp3) is 0.154. The fourth-order valence-corrected chi connectivity index (χ4v) is 3.62. The monoisotopic (exact) mass is 424 g/mol. The average Bonchev–Trinajstić information content (AvgIpc) is 3.19. The van der Waals surface area contributed by atoms with Crippen LogP contribution in [0, 0.1) is 17.0 Å². The summed E-state index contributed by atoms with van der Waals surface area (Å²) in [5.74, 6) is -0.642. The van der Waals surface area contributed by atoms with Crippen LogP contribution in [0.3, 0.4) is 0 Å². The maximum Gasteiger partial charge on any atom is 0.279 e. The summed E-state index contributed by atoms with van der Waals surface area (Å²) in [7, 11) is -3.52. The number of nitrogens with one attached hydrogen (secondary N) is 2. The number of nitrogens with zero attached hydrogens (tertiary/aromatic N) is 6. The van der Waals surface area contributed by atoms with Crippen LogP contribution in [0.15, 0.2) is 24.3 Å².